The van der Waals surface area contributed by atoms with Crippen LogP contribution in [0.2, 0.25) is 0 Å². The van der Waals surface area contributed by atoms with Crippen molar-refractivity contribution < 1.29 is 0 Å². The molecule has 4 nitrogen and oxygen atoms in total. The molecule has 24 heavy (non-hydrogen) atoms. The van der Waals surface area contributed by atoms with Gasteiger partial charge in [-0.2, -0.15) is 0 Å². The number of rotatable bonds is 2. The number of benzene rings is 3. The maximum Gasteiger partial charge on any atom is 0.100 e. The van der Waals surface area contributed by atoms with Crippen molar-refractivity contribution in [1.29, 1.82) is 0 Å². The standard InChI is InChI=1S/C20H14N4/c1-3-10-19-17(8-1)21-13-23(19)15-6-5-7-16(12-15)24-14-22-18-9-2-4-11-20(18)24/h1-14H. The highest BCUT2D eigenvalue weighted by molar-refractivity contribution is 5.79. The Morgan fingerprint density at radius 3 is 1.58 bits per heavy atom. The van der Waals surface area contributed by atoms with Crippen LogP contribution in [0, 0.1) is 0 Å². The van der Waals surface area contributed by atoms with E-state index in [1.54, 1.807) is 0 Å². The van der Waals surface area contributed by atoms with Crippen molar-refractivity contribution in [3.8, 4) is 11.4 Å². The molecular weight excluding hydrogens is 296 g/mol. The van der Waals surface area contributed by atoms with E-state index >= 15 is 0 Å². The Morgan fingerprint density at radius 1 is 0.542 bits per heavy atom. The van der Waals surface area contributed by atoms with Crippen LogP contribution in [-0.2, 0) is 0 Å². The second-order valence-corrected chi connectivity index (χ2v) is 5.73. The summed E-state index contributed by atoms with van der Waals surface area (Å²) in [5.74, 6) is 0. The maximum atomic E-state index is 4.48. The van der Waals surface area contributed by atoms with Gasteiger partial charge in [0.05, 0.1) is 22.1 Å². The molecule has 2 aromatic heterocycles. The molecule has 0 bridgehead atoms. The van der Waals surface area contributed by atoms with E-state index in [0.29, 0.717) is 0 Å². The summed E-state index contributed by atoms with van der Waals surface area (Å²) in [6, 6.07) is 24.7. The lowest BCUT2D eigenvalue weighted by Crippen LogP contribution is -1.96. The van der Waals surface area contributed by atoms with Gasteiger partial charge in [0, 0.05) is 11.4 Å². The van der Waals surface area contributed by atoms with Crippen LogP contribution in [0.25, 0.3) is 33.4 Å². The number of imidazole rings is 2. The van der Waals surface area contributed by atoms with Crippen molar-refractivity contribution >= 4 is 22.1 Å². The molecule has 0 aliphatic carbocycles. The summed E-state index contributed by atoms with van der Waals surface area (Å²) in [4.78, 5) is 8.96. The third-order valence-electron chi connectivity index (χ3n) is 4.29. The van der Waals surface area contributed by atoms with Gasteiger partial charge in [0.2, 0.25) is 0 Å². The second-order valence-electron chi connectivity index (χ2n) is 5.73. The molecule has 0 unspecified atom stereocenters. The lowest BCUT2D eigenvalue weighted by Gasteiger charge is -2.09. The van der Waals surface area contributed by atoms with E-state index in [0.717, 1.165) is 33.4 Å². The minimum Gasteiger partial charge on any atom is -0.299 e. The van der Waals surface area contributed by atoms with E-state index in [9.17, 15) is 0 Å². The van der Waals surface area contributed by atoms with Crippen LogP contribution in [0.4, 0.5) is 0 Å². The molecule has 5 rings (SSSR count). The van der Waals surface area contributed by atoms with Crippen LogP contribution in [0.3, 0.4) is 0 Å². The van der Waals surface area contributed by atoms with Crippen molar-refractivity contribution in [3.05, 3.63) is 85.5 Å². The molecule has 3 aromatic carbocycles. The van der Waals surface area contributed by atoms with Gasteiger partial charge in [-0.15, -0.1) is 0 Å². The first-order valence-corrected chi connectivity index (χ1v) is 7.85. The summed E-state index contributed by atoms with van der Waals surface area (Å²) >= 11 is 0. The quantitative estimate of drug-likeness (QED) is 0.485. The minimum atomic E-state index is 0.996. The van der Waals surface area contributed by atoms with Crippen molar-refractivity contribution in [2.45, 2.75) is 0 Å². The Kier molecular flexibility index (Phi) is 2.76. The maximum absolute atomic E-state index is 4.48. The highest BCUT2D eigenvalue weighted by Gasteiger charge is 2.07. The molecule has 0 atom stereocenters. The fourth-order valence-corrected chi connectivity index (χ4v) is 3.12. The summed E-state index contributed by atoms with van der Waals surface area (Å²) in [5.41, 5.74) is 6.36. The highest BCUT2D eigenvalue weighted by Crippen LogP contribution is 2.22. The predicted octanol–water partition coefficient (Wildman–Crippen LogP) is 4.36. The number of para-hydroxylation sites is 4. The Hall–Kier alpha value is -3.40. The molecule has 0 N–H and O–H groups in total. The third-order valence-corrected chi connectivity index (χ3v) is 4.29. The first-order chi connectivity index (χ1) is 11.9. The Balaban J connectivity index is 1.69. The van der Waals surface area contributed by atoms with Crippen molar-refractivity contribution in [3.63, 3.8) is 0 Å². The van der Waals surface area contributed by atoms with Gasteiger partial charge in [0.15, 0.2) is 0 Å². The van der Waals surface area contributed by atoms with Crippen molar-refractivity contribution in [2.24, 2.45) is 0 Å². The normalized spacial score (nSPS) is 11.3. The zero-order valence-corrected chi connectivity index (χ0v) is 12.9. The molecule has 0 aliphatic rings. The largest absolute Gasteiger partial charge is 0.299 e. The van der Waals surface area contributed by atoms with Gasteiger partial charge in [-0.3, -0.25) is 9.13 Å². The first-order valence-electron chi connectivity index (χ1n) is 7.85. The lowest BCUT2D eigenvalue weighted by molar-refractivity contribution is 1.06. The molecule has 2 heterocycles. The Bertz CT molecular complexity index is 1080. The molecular formula is C20H14N4. The van der Waals surface area contributed by atoms with Crippen LogP contribution < -0.4 is 0 Å². The number of aromatic nitrogens is 4. The monoisotopic (exact) mass is 310 g/mol. The molecule has 0 saturated carbocycles. The van der Waals surface area contributed by atoms with E-state index in [1.165, 1.54) is 0 Å². The van der Waals surface area contributed by atoms with Crippen molar-refractivity contribution in [1.82, 2.24) is 19.1 Å². The molecule has 5 aromatic rings. The number of fused-ring (bicyclic) bond motifs is 2. The number of hydrogen-bond acceptors (Lipinski definition) is 2. The topological polar surface area (TPSA) is 35.6 Å². The van der Waals surface area contributed by atoms with Gasteiger partial charge in [0.1, 0.15) is 12.7 Å². The van der Waals surface area contributed by atoms with E-state index in [4.69, 9.17) is 0 Å². The van der Waals surface area contributed by atoms with Gasteiger partial charge >= 0.3 is 0 Å². The van der Waals surface area contributed by atoms with Gasteiger partial charge in [-0.1, -0.05) is 30.3 Å². The zero-order chi connectivity index (χ0) is 15.9. The highest BCUT2D eigenvalue weighted by atomic mass is 15.1. The summed E-state index contributed by atoms with van der Waals surface area (Å²) < 4.78 is 4.22. The van der Waals surface area contributed by atoms with E-state index in [1.807, 2.05) is 49.1 Å². The predicted molar refractivity (Wildman–Crippen MR) is 95.7 cm³/mol. The molecule has 0 saturated heterocycles. The van der Waals surface area contributed by atoms with E-state index in [-0.39, 0.29) is 0 Å². The van der Waals surface area contributed by atoms with Crippen LogP contribution in [-0.4, -0.2) is 19.1 Å². The van der Waals surface area contributed by atoms with Crippen LogP contribution in [0.5, 0.6) is 0 Å². The fraction of sp³-hybridized carbons (Fsp3) is 0. The number of hydrogen-bond donors (Lipinski definition) is 0. The smallest absolute Gasteiger partial charge is 0.100 e. The van der Waals surface area contributed by atoms with Gasteiger partial charge < -0.3 is 0 Å². The Labute approximate surface area is 138 Å². The molecule has 114 valence electrons. The molecule has 0 spiro atoms. The first kappa shape index (κ1) is 13.1. The van der Waals surface area contributed by atoms with Crippen LogP contribution in [0.1, 0.15) is 0 Å². The second kappa shape index (κ2) is 5.06. The summed E-state index contributed by atoms with van der Waals surface area (Å²) in [7, 11) is 0. The fourth-order valence-electron chi connectivity index (χ4n) is 3.12. The summed E-state index contributed by atoms with van der Waals surface area (Å²) in [6.45, 7) is 0. The lowest BCUT2D eigenvalue weighted by atomic mass is 10.2. The Morgan fingerprint density at radius 2 is 1.04 bits per heavy atom. The van der Waals surface area contributed by atoms with E-state index in [2.05, 4.69) is 55.5 Å². The van der Waals surface area contributed by atoms with Gasteiger partial charge in [-0.25, -0.2) is 9.97 Å². The average Bonchev–Trinajstić information content (AvgIpc) is 3.26. The van der Waals surface area contributed by atoms with Gasteiger partial charge in [-0.05, 0) is 42.5 Å². The van der Waals surface area contributed by atoms with Crippen LogP contribution in [0.15, 0.2) is 85.5 Å². The van der Waals surface area contributed by atoms with E-state index < -0.39 is 0 Å². The minimum absolute atomic E-state index is 0.996. The van der Waals surface area contributed by atoms with Crippen LogP contribution >= 0.6 is 0 Å². The zero-order valence-electron chi connectivity index (χ0n) is 12.9. The molecule has 0 fully saturated rings. The molecule has 0 aliphatic heterocycles. The molecule has 4 heteroatoms. The summed E-state index contributed by atoms with van der Waals surface area (Å²) in [6.07, 6.45) is 3.74. The molecule has 0 radical (unpaired) electrons. The molecule has 0 amide bonds. The average molecular weight is 310 g/mol. The SMILES string of the molecule is c1cc(-n2cnc3ccccc32)cc(-n2cnc3ccccc32)c1. The van der Waals surface area contributed by atoms with Gasteiger partial charge in [0.25, 0.3) is 0 Å². The summed E-state index contributed by atoms with van der Waals surface area (Å²) in [5, 5.41) is 0. The van der Waals surface area contributed by atoms with Crippen molar-refractivity contribution in [2.75, 3.05) is 0 Å². The number of nitrogens with zero attached hydrogens (tertiary/aromatic N) is 4. The third kappa shape index (κ3) is 1.93.